The minimum Gasteiger partial charge on any atom is -0.344 e. The average Bonchev–Trinajstić information content (AvgIpc) is 2.75. The van der Waals surface area contributed by atoms with Crippen LogP contribution in [-0.4, -0.2) is 39.8 Å². The second-order valence-electron chi connectivity index (χ2n) is 5.86. The molecule has 0 amide bonds. The summed E-state index contributed by atoms with van der Waals surface area (Å²) in [4.78, 5) is 67.6. The van der Waals surface area contributed by atoms with E-state index < -0.39 is 79.9 Å². The number of nitro benzene ring substituents is 6. The molecule has 0 saturated carbocycles. The summed E-state index contributed by atoms with van der Waals surface area (Å²) in [5.41, 5.74) is -9.08. The molecule has 23 heteroatoms. The van der Waals surface area contributed by atoms with E-state index >= 15 is 0 Å². The fraction of sp³-hybridized carbons (Fsp3) is 0. The van der Waals surface area contributed by atoms with Crippen molar-refractivity contribution in [3.63, 3.8) is 0 Å². The van der Waals surface area contributed by atoms with Gasteiger partial charge in [-0.1, -0.05) is 0 Å². The zero-order chi connectivity index (χ0) is 27.9. The lowest BCUT2D eigenvalue weighted by Crippen LogP contribution is -2.03. The first-order valence-electron chi connectivity index (χ1n) is 8.33. The fourth-order valence-electron chi connectivity index (χ4n) is 2.66. The normalized spacial score (nSPS) is 9.84. The Morgan fingerprint density at radius 1 is 0.486 bits per heavy atom. The highest BCUT2D eigenvalue weighted by Crippen LogP contribution is 2.42. The maximum atomic E-state index is 11.3. The van der Waals surface area contributed by atoms with Gasteiger partial charge in [0.15, 0.2) is 0 Å². The van der Waals surface area contributed by atoms with E-state index in [0.29, 0.717) is 24.3 Å². The van der Waals surface area contributed by atoms with Crippen LogP contribution in [-0.2, 0) is 0 Å². The van der Waals surface area contributed by atoms with Gasteiger partial charge >= 0.3 is 34.1 Å². The van der Waals surface area contributed by atoms with Crippen molar-refractivity contribution in [1.29, 1.82) is 0 Å². The second kappa shape index (κ2) is 12.3. The minimum atomic E-state index is -1.50. The summed E-state index contributed by atoms with van der Waals surface area (Å²) >= 11 is 0. The zero-order valence-corrected chi connectivity index (χ0v) is 17.5. The van der Waals surface area contributed by atoms with Gasteiger partial charge in [0, 0.05) is 12.1 Å². The van der Waals surface area contributed by atoms with Gasteiger partial charge in [-0.15, -0.1) is 10.1 Å². The lowest BCUT2D eigenvalue weighted by atomic mass is 10.1. The van der Waals surface area contributed by atoms with E-state index in [1.54, 1.807) is 0 Å². The third-order valence-electron chi connectivity index (χ3n) is 3.89. The molecule has 0 bridgehead atoms. The maximum Gasteiger partial charge on any atom is 0.422 e. The minimum absolute atomic E-state index is 0. The second-order valence-corrected chi connectivity index (χ2v) is 5.86. The summed E-state index contributed by atoms with van der Waals surface area (Å²) in [5, 5.41) is 80.6. The van der Waals surface area contributed by atoms with E-state index in [2.05, 4.69) is 0 Å². The molecule has 0 aliphatic carbocycles. The first-order valence-corrected chi connectivity index (χ1v) is 8.33. The van der Waals surface area contributed by atoms with Crippen molar-refractivity contribution in [2.24, 2.45) is 0 Å². The maximum absolute atomic E-state index is 11.3. The van der Waals surface area contributed by atoms with Gasteiger partial charge in [0.1, 0.15) is 0 Å². The molecular weight excluding hydrogens is 520 g/mol. The molecule has 37 heavy (non-hydrogen) atoms. The SMILES string of the molecule is N.O=[N+]([O-])O.O=[N+]([O-])c1ccc(/C=C/c2ccc([N+](=O)[O-])c([N+](=O)[O-])c2[N+](=O)[O-])c([N+](=O)[O-])c1[N+](=O)[O-]. The number of benzene rings is 2. The van der Waals surface area contributed by atoms with Gasteiger partial charge in [-0.2, -0.15) is 0 Å². The van der Waals surface area contributed by atoms with Crippen molar-refractivity contribution in [3.8, 4) is 0 Å². The van der Waals surface area contributed by atoms with Crippen LogP contribution in [0.15, 0.2) is 24.3 Å². The molecule has 4 N–H and O–H groups in total. The summed E-state index contributed by atoms with van der Waals surface area (Å²) in [6, 6.07) is 2.70. The van der Waals surface area contributed by atoms with Gasteiger partial charge in [-0.25, -0.2) is 0 Å². The first-order chi connectivity index (χ1) is 16.6. The zero-order valence-electron chi connectivity index (χ0n) is 17.5. The van der Waals surface area contributed by atoms with Gasteiger partial charge in [0.2, 0.25) is 0 Å². The van der Waals surface area contributed by atoms with Crippen molar-refractivity contribution in [1.82, 2.24) is 6.15 Å². The lowest BCUT2D eigenvalue weighted by molar-refractivity contribution is -0.742. The molecule has 0 aromatic heterocycles. The number of nitrogens with zero attached hydrogens (tertiary/aromatic N) is 7. The van der Waals surface area contributed by atoms with E-state index in [0.717, 1.165) is 12.1 Å². The van der Waals surface area contributed by atoms with Crippen LogP contribution in [0, 0.1) is 70.8 Å². The Bertz CT molecular complexity index is 1260. The smallest absolute Gasteiger partial charge is 0.344 e. The Hall–Kier alpha value is -6.26. The van der Waals surface area contributed by atoms with E-state index in [9.17, 15) is 60.7 Å². The van der Waals surface area contributed by atoms with Crippen molar-refractivity contribution >= 4 is 46.3 Å². The van der Waals surface area contributed by atoms with E-state index in [1.165, 1.54) is 0 Å². The Morgan fingerprint density at radius 2 is 0.730 bits per heavy atom. The number of hydrogen-bond donors (Lipinski definition) is 2. The van der Waals surface area contributed by atoms with Crippen LogP contribution in [0.3, 0.4) is 0 Å². The van der Waals surface area contributed by atoms with Crippen LogP contribution in [0.2, 0.25) is 0 Å². The van der Waals surface area contributed by atoms with Gasteiger partial charge < -0.3 is 11.4 Å². The Morgan fingerprint density at radius 3 is 0.919 bits per heavy atom. The molecule has 0 saturated heterocycles. The molecule has 0 radical (unpaired) electrons. The molecule has 0 fully saturated rings. The van der Waals surface area contributed by atoms with Crippen molar-refractivity contribution in [2.45, 2.75) is 0 Å². The molecule has 0 spiro atoms. The largest absolute Gasteiger partial charge is 0.422 e. The molecule has 0 atom stereocenters. The highest BCUT2D eigenvalue weighted by Gasteiger charge is 2.39. The molecule has 0 unspecified atom stereocenters. The van der Waals surface area contributed by atoms with E-state index in [4.69, 9.17) is 15.3 Å². The van der Waals surface area contributed by atoms with Crippen LogP contribution in [0.1, 0.15) is 11.1 Å². The molecule has 0 aliphatic rings. The van der Waals surface area contributed by atoms with Crippen LogP contribution in [0.4, 0.5) is 34.1 Å². The quantitative estimate of drug-likeness (QED) is 0.281. The molecule has 2 aromatic carbocycles. The van der Waals surface area contributed by atoms with Crippen LogP contribution in [0.25, 0.3) is 12.2 Å². The standard InChI is InChI=1S/C14H6N6O12.HNO3.H3N/c21-15(22)9-5-3-7(11(17(25)26)13(9)19(29)30)1-2-8-4-6-10(16(23)24)14(20(31)32)12(8)18(27)28;2-1(3)4;/h1-6H;(H,2,3,4);1H3/b2-1+;;. The molecule has 2 rings (SSSR count). The monoisotopic (exact) mass is 530 g/mol. The molecule has 196 valence electrons. The Kier molecular flexibility index (Phi) is 10.2. The molecule has 23 nitrogen and oxygen atoms in total. The van der Waals surface area contributed by atoms with Crippen molar-refractivity contribution in [3.05, 3.63) is 106 Å². The average molecular weight is 530 g/mol. The molecular formula is C14H10N8O15. The molecule has 0 heterocycles. The lowest BCUT2D eigenvalue weighted by Gasteiger charge is -2.02. The van der Waals surface area contributed by atoms with Gasteiger partial charge in [-0.3, -0.25) is 60.7 Å². The Balaban J connectivity index is 0.00000241. The number of nitro groups is 6. The van der Waals surface area contributed by atoms with Gasteiger partial charge in [0.25, 0.3) is 5.09 Å². The van der Waals surface area contributed by atoms with Crippen LogP contribution >= 0.6 is 0 Å². The summed E-state index contributed by atoms with van der Waals surface area (Å²) in [6.45, 7) is 0. The molecule has 2 aromatic rings. The third kappa shape index (κ3) is 7.11. The predicted octanol–water partition coefficient (Wildman–Crippen LogP) is 3.12. The number of hydrogen-bond acceptors (Lipinski definition) is 15. The summed E-state index contributed by atoms with van der Waals surface area (Å²) in [6.07, 6.45) is 1.43. The van der Waals surface area contributed by atoms with Crippen molar-refractivity contribution < 1.29 is 39.8 Å². The van der Waals surface area contributed by atoms with Crippen molar-refractivity contribution in [2.75, 3.05) is 0 Å². The fourth-order valence-corrected chi connectivity index (χ4v) is 2.66. The predicted molar refractivity (Wildman–Crippen MR) is 116 cm³/mol. The highest BCUT2D eigenvalue weighted by molar-refractivity contribution is 5.85. The van der Waals surface area contributed by atoms with Gasteiger partial charge in [-0.05, 0) is 24.3 Å². The first kappa shape index (κ1) is 30.7. The van der Waals surface area contributed by atoms with Crippen LogP contribution in [0.5, 0.6) is 0 Å². The summed E-state index contributed by atoms with van der Waals surface area (Å²) < 4.78 is 0. The van der Waals surface area contributed by atoms with Gasteiger partial charge in [0.05, 0.1) is 40.7 Å². The third-order valence-corrected chi connectivity index (χ3v) is 3.89. The summed E-state index contributed by atoms with van der Waals surface area (Å²) in [7, 11) is 0. The molecule has 0 aliphatic heterocycles. The Labute approximate surface area is 199 Å². The number of rotatable bonds is 8. The topological polar surface area (TPSA) is 357 Å². The van der Waals surface area contributed by atoms with Crippen LogP contribution < -0.4 is 6.15 Å². The van der Waals surface area contributed by atoms with E-state index in [1.807, 2.05) is 0 Å². The summed E-state index contributed by atoms with van der Waals surface area (Å²) in [5.74, 6) is 0. The highest BCUT2D eigenvalue weighted by atomic mass is 16.9. The van der Waals surface area contributed by atoms with E-state index in [-0.39, 0.29) is 6.15 Å².